The molecule has 0 bridgehead atoms. The first kappa shape index (κ1) is 10.9. The molecule has 2 heterocycles. The number of carbonyl (C=O) groups is 1. The van der Waals surface area contributed by atoms with Crippen LogP contribution in [0.5, 0.6) is 0 Å². The van der Waals surface area contributed by atoms with Crippen LogP contribution in [0.25, 0.3) is 0 Å². The van der Waals surface area contributed by atoms with Gasteiger partial charge in [0, 0.05) is 11.8 Å². The average Bonchev–Trinajstić information content (AvgIpc) is 2.77. The molecular formula is C14H11NO3. The molecule has 1 atom stereocenters. The van der Waals surface area contributed by atoms with Gasteiger partial charge in [0.25, 0.3) is 0 Å². The number of esters is 1. The SMILES string of the molecule is O=C1OC(c2cc(CO)ccn2)c2ccccc21. The van der Waals surface area contributed by atoms with Gasteiger partial charge in [0.1, 0.15) is 0 Å². The van der Waals surface area contributed by atoms with E-state index in [0.29, 0.717) is 11.3 Å². The Morgan fingerprint density at radius 1 is 1.28 bits per heavy atom. The molecule has 2 aromatic rings. The minimum absolute atomic E-state index is 0.0577. The summed E-state index contributed by atoms with van der Waals surface area (Å²) in [5, 5.41) is 9.12. The molecule has 1 aliphatic rings. The quantitative estimate of drug-likeness (QED) is 0.815. The third-order valence-corrected chi connectivity index (χ3v) is 2.98. The molecule has 18 heavy (non-hydrogen) atoms. The monoisotopic (exact) mass is 241 g/mol. The Bertz CT molecular complexity index is 609. The van der Waals surface area contributed by atoms with Crippen molar-refractivity contribution in [3.8, 4) is 0 Å². The fourth-order valence-corrected chi connectivity index (χ4v) is 2.10. The number of aliphatic hydroxyl groups is 1. The van der Waals surface area contributed by atoms with Crippen molar-refractivity contribution in [3.63, 3.8) is 0 Å². The van der Waals surface area contributed by atoms with Crippen LogP contribution in [-0.2, 0) is 11.3 Å². The fourth-order valence-electron chi connectivity index (χ4n) is 2.10. The van der Waals surface area contributed by atoms with E-state index in [1.54, 1.807) is 30.5 Å². The van der Waals surface area contributed by atoms with Crippen molar-refractivity contribution < 1.29 is 14.6 Å². The Hall–Kier alpha value is -2.20. The number of benzene rings is 1. The Balaban J connectivity index is 2.06. The van der Waals surface area contributed by atoms with Gasteiger partial charge >= 0.3 is 5.97 Å². The van der Waals surface area contributed by atoms with Gasteiger partial charge in [0.05, 0.1) is 17.9 Å². The van der Waals surface area contributed by atoms with Gasteiger partial charge in [-0.15, -0.1) is 0 Å². The molecule has 1 N–H and O–H groups in total. The van der Waals surface area contributed by atoms with Crippen LogP contribution in [0.4, 0.5) is 0 Å². The summed E-state index contributed by atoms with van der Waals surface area (Å²) in [6.45, 7) is -0.0577. The molecule has 3 rings (SSSR count). The predicted octanol–water partition coefficient (Wildman–Crippen LogP) is 1.83. The van der Waals surface area contributed by atoms with Crippen molar-refractivity contribution in [2.24, 2.45) is 0 Å². The Labute approximate surface area is 104 Å². The first-order valence-electron chi connectivity index (χ1n) is 5.65. The molecular weight excluding hydrogens is 230 g/mol. The first-order valence-corrected chi connectivity index (χ1v) is 5.65. The molecule has 0 fully saturated rings. The number of carbonyl (C=O) groups excluding carboxylic acids is 1. The van der Waals surface area contributed by atoms with Gasteiger partial charge in [-0.05, 0) is 23.8 Å². The lowest BCUT2D eigenvalue weighted by atomic mass is 10.0. The van der Waals surface area contributed by atoms with E-state index in [1.807, 2.05) is 12.1 Å². The molecule has 1 aromatic carbocycles. The lowest BCUT2D eigenvalue weighted by molar-refractivity contribution is 0.0449. The van der Waals surface area contributed by atoms with Crippen molar-refractivity contribution >= 4 is 5.97 Å². The number of ether oxygens (including phenoxy) is 1. The molecule has 0 aliphatic carbocycles. The van der Waals surface area contributed by atoms with E-state index < -0.39 is 6.10 Å². The summed E-state index contributed by atoms with van der Waals surface area (Å²) >= 11 is 0. The zero-order valence-corrected chi connectivity index (χ0v) is 9.54. The van der Waals surface area contributed by atoms with Crippen LogP contribution in [0.2, 0.25) is 0 Å². The average molecular weight is 241 g/mol. The first-order chi connectivity index (χ1) is 8.79. The van der Waals surface area contributed by atoms with E-state index >= 15 is 0 Å². The number of aliphatic hydroxyl groups excluding tert-OH is 1. The minimum Gasteiger partial charge on any atom is -0.447 e. The summed E-state index contributed by atoms with van der Waals surface area (Å²) in [4.78, 5) is 15.9. The van der Waals surface area contributed by atoms with Gasteiger partial charge in [-0.2, -0.15) is 0 Å². The van der Waals surface area contributed by atoms with Crippen LogP contribution < -0.4 is 0 Å². The second kappa shape index (κ2) is 4.23. The Morgan fingerprint density at radius 3 is 2.94 bits per heavy atom. The van der Waals surface area contributed by atoms with Crippen LogP contribution in [-0.4, -0.2) is 16.1 Å². The molecule has 90 valence electrons. The number of cyclic esters (lactones) is 1. The predicted molar refractivity (Wildman–Crippen MR) is 63.9 cm³/mol. The van der Waals surface area contributed by atoms with Crippen LogP contribution in [0.1, 0.15) is 33.3 Å². The molecule has 0 saturated heterocycles. The molecule has 0 saturated carbocycles. The van der Waals surface area contributed by atoms with Crippen molar-refractivity contribution in [1.82, 2.24) is 4.98 Å². The fraction of sp³-hybridized carbons (Fsp3) is 0.143. The third kappa shape index (κ3) is 1.67. The summed E-state index contributed by atoms with van der Waals surface area (Å²) in [7, 11) is 0. The van der Waals surface area contributed by atoms with Crippen LogP contribution in [0.15, 0.2) is 42.6 Å². The van der Waals surface area contributed by atoms with E-state index in [-0.39, 0.29) is 12.6 Å². The van der Waals surface area contributed by atoms with E-state index in [0.717, 1.165) is 11.1 Å². The maximum atomic E-state index is 11.7. The Morgan fingerprint density at radius 2 is 2.11 bits per heavy atom. The van der Waals surface area contributed by atoms with Crippen molar-refractivity contribution in [3.05, 3.63) is 65.0 Å². The number of pyridine rings is 1. The van der Waals surface area contributed by atoms with Gasteiger partial charge in [0.15, 0.2) is 6.10 Å². The third-order valence-electron chi connectivity index (χ3n) is 2.98. The highest BCUT2D eigenvalue weighted by molar-refractivity contribution is 5.94. The topological polar surface area (TPSA) is 59.4 Å². The summed E-state index contributed by atoms with van der Waals surface area (Å²) in [6, 6.07) is 10.8. The van der Waals surface area contributed by atoms with Crippen molar-refractivity contribution in [1.29, 1.82) is 0 Å². The van der Waals surface area contributed by atoms with E-state index in [4.69, 9.17) is 9.84 Å². The highest BCUT2D eigenvalue weighted by atomic mass is 16.5. The van der Waals surface area contributed by atoms with E-state index in [2.05, 4.69) is 4.98 Å². The number of aromatic nitrogens is 1. The highest BCUT2D eigenvalue weighted by Crippen LogP contribution is 2.34. The number of hydrogen-bond donors (Lipinski definition) is 1. The maximum Gasteiger partial charge on any atom is 0.339 e. The van der Waals surface area contributed by atoms with Crippen molar-refractivity contribution in [2.45, 2.75) is 12.7 Å². The molecule has 4 heteroatoms. The normalized spacial score (nSPS) is 17.4. The zero-order chi connectivity index (χ0) is 12.5. The summed E-state index contributed by atoms with van der Waals surface area (Å²) in [5.74, 6) is -0.327. The summed E-state index contributed by atoms with van der Waals surface area (Å²) in [5.41, 5.74) is 2.80. The van der Waals surface area contributed by atoms with Crippen LogP contribution in [0.3, 0.4) is 0 Å². The van der Waals surface area contributed by atoms with Gasteiger partial charge in [-0.25, -0.2) is 4.79 Å². The zero-order valence-electron chi connectivity index (χ0n) is 9.54. The van der Waals surface area contributed by atoms with Gasteiger partial charge in [-0.3, -0.25) is 4.98 Å². The largest absolute Gasteiger partial charge is 0.447 e. The van der Waals surface area contributed by atoms with Crippen LogP contribution >= 0.6 is 0 Å². The molecule has 1 aliphatic heterocycles. The smallest absolute Gasteiger partial charge is 0.339 e. The minimum atomic E-state index is -0.472. The second-order valence-electron chi connectivity index (χ2n) is 4.12. The van der Waals surface area contributed by atoms with E-state index in [1.165, 1.54) is 0 Å². The van der Waals surface area contributed by atoms with Gasteiger partial charge < -0.3 is 9.84 Å². The number of rotatable bonds is 2. The van der Waals surface area contributed by atoms with E-state index in [9.17, 15) is 4.79 Å². The molecule has 0 spiro atoms. The van der Waals surface area contributed by atoms with Crippen LogP contribution in [0, 0.1) is 0 Å². The van der Waals surface area contributed by atoms with Gasteiger partial charge in [0.2, 0.25) is 0 Å². The molecule has 0 radical (unpaired) electrons. The van der Waals surface area contributed by atoms with Crippen molar-refractivity contribution in [2.75, 3.05) is 0 Å². The Kier molecular flexibility index (Phi) is 2.57. The maximum absolute atomic E-state index is 11.7. The lowest BCUT2D eigenvalue weighted by Crippen LogP contribution is -2.03. The lowest BCUT2D eigenvalue weighted by Gasteiger charge is -2.10. The number of hydrogen-bond acceptors (Lipinski definition) is 4. The van der Waals surface area contributed by atoms with Gasteiger partial charge in [-0.1, -0.05) is 18.2 Å². The molecule has 1 unspecified atom stereocenters. The number of fused-ring (bicyclic) bond motifs is 1. The molecule has 1 aromatic heterocycles. The molecule has 0 amide bonds. The summed E-state index contributed by atoms with van der Waals surface area (Å²) in [6.07, 6.45) is 1.13. The number of nitrogens with zero attached hydrogens (tertiary/aromatic N) is 1. The second-order valence-corrected chi connectivity index (χ2v) is 4.12. The highest BCUT2D eigenvalue weighted by Gasteiger charge is 2.32. The standard InChI is InChI=1S/C14H11NO3/c16-8-9-5-6-15-12(7-9)13-10-3-1-2-4-11(10)14(17)18-13/h1-7,13,16H,8H2. The molecule has 4 nitrogen and oxygen atoms in total. The summed E-state index contributed by atoms with van der Waals surface area (Å²) < 4.78 is 5.33.